The lowest BCUT2D eigenvalue weighted by Crippen LogP contribution is -2.21. The minimum atomic E-state index is 0.0687. The third-order valence-electron chi connectivity index (χ3n) is 3.31. The Hall–Kier alpha value is -1.51. The molecule has 0 heterocycles. The fraction of sp³-hybridized carbons (Fsp3) is 0.250. The van der Waals surface area contributed by atoms with Crippen LogP contribution in [-0.2, 0) is 0 Å². The summed E-state index contributed by atoms with van der Waals surface area (Å²) in [6.45, 7) is 4.60. The topological polar surface area (TPSA) is 38.0 Å². The van der Waals surface area contributed by atoms with Crippen LogP contribution in [0.3, 0.4) is 0 Å². The molecule has 100 valence electrons. The number of nitrogens with two attached hydrogens (primary N) is 1. The first kappa shape index (κ1) is 13.9. The van der Waals surface area contributed by atoms with Crippen LogP contribution in [0.2, 0.25) is 5.02 Å². The van der Waals surface area contributed by atoms with Crippen molar-refractivity contribution in [1.82, 2.24) is 0 Å². The first-order valence-corrected chi connectivity index (χ1v) is 6.78. The Morgan fingerprint density at radius 1 is 1.11 bits per heavy atom. The highest BCUT2D eigenvalue weighted by atomic mass is 35.5. The van der Waals surface area contributed by atoms with Crippen LogP contribution < -0.4 is 11.1 Å². The van der Waals surface area contributed by atoms with Crippen molar-refractivity contribution < 1.29 is 0 Å². The number of para-hydroxylation sites is 1. The Labute approximate surface area is 119 Å². The van der Waals surface area contributed by atoms with Gasteiger partial charge in [-0.2, -0.15) is 0 Å². The number of halogens is 1. The average molecular weight is 275 g/mol. The van der Waals surface area contributed by atoms with Gasteiger partial charge >= 0.3 is 0 Å². The summed E-state index contributed by atoms with van der Waals surface area (Å²) in [4.78, 5) is 0. The molecule has 0 aliphatic heterocycles. The van der Waals surface area contributed by atoms with Crippen molar-refractivity contribution >= 4 is 17.3 Å². The molecule has 0 fully saturated rings. The van der Waals surface area contributed by atoms with E-state index in [9.17, 15) is 0 Å². The van der Waals surface area contributed by atoms with Gasteiger partial charge in [-0.25, -0.2) is 0 Å². The molecule has 0 saturated heterocycles. The SMILES string of the molecule is Cc1ccc(C(CN)Nc2ccccc2C)cc1Cl. The van der Waals surface area contributed by atoms with Gasteiger partial charge in [-0.15, -0.1) is 0 Å². The van der Waals surface area contributed by atoms with Crippen LogP contribution in [0.5, 0.6) is 0 Å². The van der Waals surface area contributed by atoms with Crippen LogP contribution in [0.1, 0.15) is 22.7 Å². The van der Waals surface area contributed by atoms with Gasteiger partial charge in [-0.05, 0) is 42.7 Å². The highest BCUT2D eigenvalue weighted by Crippen LogP contribution is 2.25. The van der Waals surface area contributed by atoms with Crippen molar-refractivity contribution in [3.63, 3.8) is 0 Å². The van der Waals surface area contributed by atoms with Crippen LogP contribution in [0.4, 0.5) is 5.69 Å². The van der Waals surface area contributed by atoms with E-state index >= 15 is 0 Å². The van der Waals surface area contributed by atoms with E-state index in [1.807, 2.05) is 31.2 Å². The van der Waals surface area contributed by atoms with E-state index in [2.05, 4.69) is 30.4 Å². The number of hydrogen-bond donors (Lipinski definition) is 2. The number of aryl methyl sites for hydroxylation is 2. The molecule has 3 N–H and O–H groups in total. The minimum absolute atomic E-state index is 0.0687. The van der Waals surface area contributed by atoms with Crippen LogP contribution in [0.25, 0.3) is 0 Å². The lowest BCUT2D eigenvalue weighted by Gasteiger charge is -2.20. The Kier molecular flexibility index (Phi) is 4.46. The van der Waals surface area contributed by atoms with Crippen LogP contribution in [0.15, 0.2) is 42.5 Å². The summed E-state index contributed by atoms with van der Waals surface area (Å²) in [5, 5.41) is 4.26. The highest BCUT2D eigenvalue weighted by Gasteiger charge is 2.11. The summed E-state index contributed by atoms with van der Waals surface area (Å²) in [6, 6.07) is 14.3. The van der Waals surface area contributed by atoms with E-state index in [-0.39, 0.29) is 6.04 Å². The predicted molar refractivity (Wildman–Crippen MR) is 82.8 cm³/mol. The Bertz CT molecular complexity index is 566. The van der Waals surface area contributed by atoms with Crippen LogP contribution >= 0.6 is 11.6 Å². The van der Waals surface area contributed by atoms with Crippen molar-refractivity contribution in [3.8, 4) is 0 Å². The fourth-order valence-electron chi connectivity index (χ4n) is 2.03. The van der Waals surface area contributed by atoms with E-state index in [1.165, 1.54) is 5.56 Å². The molecule has 2 rings (SSSR count). The van der Waals surface area contributed by atoms with Gasteiger partial charge in [0, 0.05) is 17.3 Å². The molecule has 1 atom stereocenters. The molecular weight excluding hydrogens is 256 g/mol. The Morgan fingerprint density at radius 3 is 2.47 bits per heavy atom. The Balaban J connectivity index is 2.25. The first-order valence-electron chi connectivity index (χ1n) is 6.40. The van der Waals surface area contributed by atoms with E-state index in [0.29, 0.717) is 6.54 Å². The van der Waals surface area contributed by atoms with Gasteiger partial charge < -0.3 is 11.1 Å². The van der Waals surface area contributed by atoms with Crippen molar-refractivity contribution in [2.45, 2.75) is 19.9 Å². The maximum atomic E-state index is 6.18. The minimum Gasteiger partial charge on any atom is -0.377 e. The van der Waals surface area contributed by atoms with E-state index in [4.69, 9.17) is 17.3 Å². The molecule has 2 aromatic carbocycles. The van der Waals surface area contributed by atoms with E-state index in [0.717, 1.165) is 21.8 Å². The molecule has 0 bridgehead atoms. The largest absolute Gasteiger partial charge is 0.377 e. The average Bonchev–Trinajstić information content (AvgIpc) is 2.41. The summed E-state index contributed by atoms with van der Waals surface area (Å²) in [6.07, 6.45) is 0. The molecule has 2 aromatic rings. The molecule has 0 aromatic heterocycles. The van der Waals surface area contributed by atoms with Gasteiger partial charge in [0.1, 0.15) is 0 Å². The molecule has 0 aliphatic carbocycles. The third kappa shape index (κ3) is 3.28. The lowest BCUT2D eigenvalue weighted by molar-refractivity contribution is 0.788. The molecule has 0 saturated carbocycles. The quantitative estimate of drug-likeness (QED) is 0.882. The standard InChI is InChI=1S/C16H19ClN2/c1-11-7-8-13(9-14(11)17)16(10-18)19-15-6-4-3-5-12(15)2/h3-9,16,19H,10,18H2,1-2H3. The smallest absolute Gasteiger partial charge is 0.0636 e. The molecule has 0 amide bonds. The second-order valence-electron chi connectivity index (χ2n) is 4.76. The predicted octanol–water partition coefficient (Wildman–Crippen LogP) is 4.07. The van der Waals surface area contributed by atoms with Gasteiger partial charge in [-0.1, -0.05) is 41.9 Å². The molecular formula is C16H19ClN2. The highest BCUT2D eigenvalue weighted by molar-refractivity contribution is 6.31. The number of benzene rings is 2. The van der Waals surface area contributed by atoms with Gasteiger partial charge in [0.05, 0.1) is 6.04 Å². The summed E-state index contributed by atoms with van der Waals surface area (Å²) in [5.74, 6) is 0. The first-order chi connectivity index (χ1) is 9.11. The zero-order chi connectivity index (χ0) is 13.8. The molecule has 0 radical (unpaired) electrons. The maximum absolute atomic E-state index is 6.18. The second kappa shape index (κ2) is 6.09. The van der Waals surface area contributed by atoms with Crippen molar-refractivity contribution in [1.29, 1.82) is 0 Å². The lowest BCUT2D eigenvalue weighted by atomic mass is 10.0. The number of rotatable bonds is 4. The van der Waals surface area contributed by atoms with Gasteiger partial charge in [-0.3, -0.25) is 0 Å². The summed E-state index contributed by atoms with van der Waals surface area (Å²) in [5.41, 5.74) is 10.4. The molecule has 0 spiro atoms. The number of hydrogen-bond acceptors (Lipinski definition) is 2. The van der Waals surface area contributed by atoms with Crippen LogP contribution in [0, 0.1) is 13.8 Å². The van der Waals surface area contributed by atoms with Gasteiger partial charge in [0.25, 0.3) is 0 Å². The van der Waals surface area contributed by atoms with Crippen molar-refractivity contribution in [2.75, 3.05) is 11.9 Å². The van der Waals surface area contributed by atoms with Gasteiger partial charge in [0.15, 0.2) is 0 Å². The monoisotopic (exact) mass is 274 g/mol. The zero-order valence-electron chi connectivity index (χ0n) is 11.3. The van der Waals surface area contributed by atoms with E-state index < -0.39 is 0 Å². The van der Waals surface area contributed by atoms with Crippen LogP contribution in [-0.4, -0.2) is 6.54 Å². The zero-order valence-corrected chi connectivity index (χ0v) is 12.0. The number of anilines is 1. The van der Waals surface area contributed by atoms with Gasteiger partial charge in [0.2, 0.25) is 0 Å². The molecule has 0 aliphatic rings. The molecule has 19 heavy (non-hydrogen) atoms. The normalized spacial score (nSPS) is 12.2. The maximum Gasteiger partial charge on any atom is 0.0636 e. The van der Waals surface area contributed by atoms with Crippen molar-refractivity contribution in [3.05, 3.63) is 64.2 Å². The third-order valence-corrected chi connectivity index (χ3v) is 3.72. The molecule has 1 unspecified atom stereocenters. The molecule has 2 nitrogen and oxygen atoms in total. The van der Waals surface area contributed by atoms with Crippen molar-refractivity contribution in [2.24, 2.45) is 5.73 Å². The fourth-order valence-corrected chi connectivity index (χ4v) is 2.22. The summed E-state index contributed by atoms with van der Waals surface area (Å²) in [7, 11) is 0. The summed E-state index contributed by atoms with van der Waals surface area (Å²) < 4.78 is 0. The number of nitrogens with one attached hydrogen (secondary N) is 1. The van der Waals surface area contributed by atoms with E-state index in [1.54, 1.807) is 0 Å². The second-order valence-corrected chi connectivity index (χ2v) is 5.16. The Morgan fingerprint density at radius 2 is 1.84 bits per heavy atom. The summed E-state index contributed by atoms with van der Waals surface area (Å²) >= 11 is 6.18. The molecule has 3 heteroatoms.